The summed E-state index contributed by atoms with van der Waals surface area (Å²) in [6.07, 6.45) is 5.25. The summed E-state index contributed by atoms with van der Waals surface area (Å²) in [4.78, 5) is 39.5. The van der Waals surface area contributed by atoms with Crippen LogP contribution in [0.2, 0.25) is 0 Å². The number of anilines is 2. The van der Waals surface area contributed by atoms with Gasteiger partial charge in [-0.3, -0.25) is 14.9 Å². The molecule has 0 bridgehead atoms. The Morgan fingerprint density at radius 3 is 2.24 bits per heavy atom. The van der Waals surface area contributed by atoms with E-state index >= 15 is 0 Å². The predicted molar refractivity (Wildman–Crippen MR) is 159 cm³/mol. The van der Waals surface area contributed by atoms with E-state index in [2.05, 4.69) is 10.2 Å². The number of rotatable bonds is 8. The van der Waals surface area contributed by atoms with Gasteiger partial charge in [0.25, 0.3) is 21.6 Å². The fraction of sp³-hybridized carbons (Fsp3) is 0.517. The van der Waals surface area contributed by atoms with Gasteiger partial charge in [-0.2, -0.15) is 0 Å². The number of nitrogens with one attached hydrogen (secondary N) is 2. The van der Waals surface area contributed by atoms with Gasteiger partial charge in [0.2, 0.25) is 0 Å². The van der Waals surface area contributed by atoms with Crippen LogP contribution >= 0.6 is 0 Å². The summed E-state index contributed by atoms with van der Waals surface area (Å²) in [7, 11) is -4.37. The molecule has 1 saturated carbocycles. The molecule has 0 spiro atoms. The quantitative estimate of drug-likeness (QED) is 0.322. The molecule has 0 radical (unpaired) electrons. The molecule has 228 valence electrons. The Balaban J connectivity index is 1.36. The van der Waals surface area contributed by atoms with Crippen molar-refractivity contribution in [2.24, 2.45) is 5.92 Å². The number of ether oxygens (including phenoxy) is 1. The first-order valence-corrected chi connectivity index (χ1v) is 15.7. The largest absolute Gasteiger partial charge is 0.444 e. The number of nitro benzene ring substituents is 1. The maximum Gasteiger partial charge on any atom is 0.410 e. The highest BCUT2D eigenvalue weighted by atomic mass is 32.2. The lowest BCUT2D eigenvalue weighted by Gasteiger charge is -2.36. The second-order valence-corrected chi connectivity index (χ2v) is 13.4. The topological polar surface area (TPSA) is 151 Å². The molecule has 2 N–H and O–H groups in total. The maximum atomic E-state index is 13.0. The normalized spacial score (nSPS) is 16.5. The molecule has 4 rings (SSSR count). The summed E-state index contributed by atoms with van der Waals surface area (Å²) < 4.78 is 33.4. The Labute approximate surface area is 246 Å². The van der Waals surface area contributed by atoms with Crippen molar-refractivity contribution >= 4 is 39.1 Å². The zero-order valence-corrected chi connectivity index (χ0v) is 25.1. The van der Waals surface area contributed by atoms with Crippen LogP contribution in [-0.2, 0) is 14.8 Å². The van der Waals surface area contributed by atoms with Gasteiger partial charge in [0, 0.05) is 50.0 Å². The highest BCUT2D eigenvalue weighted by Crippen LogP contribution is 2.30. The second-order valence-electron chi connectivity index (χ2n) is 11.8. The molecule has 2 aromatic rings. The van der Waals surface area contributed by atoms with E-state index < -0.39 is 26.5 Å². The van der Waals surface area contributed by atoms with Crippen LogP contribution in [0.4, 0.5) is 21.9 Å². The molecular weight excluding hydrogens is 562 g/mol. The number of benzene rings is 2. The fourth-order valence-corrected chi connectivity index (χ4v) is 6.16. The maximum absolute atomic E-state index is 13.0. The van der Waals surface area contributed by atoms with Gasteiger partial charge in [-0.15, -0.1) is 0 Å². The molecule has 1 aliphatic heterocycles. The summed E-state index contributed by atoms with van der Waals surface area (Å²) in [5, 5.41) is 14.8. The zero-order valence-electron chi connectivity index (χ0n) is 24.3. The Hall–Kier alpha value is -3.87. The van der Waals surface area contributed by atoms with Crippen LogP contribution in [0.1, 0.15) is 63.2 Å². The third-order valence-electron chi connectivity index (χ3n) is 7.44. The Bertz CT molecular complexity index is 1390. The number of sulfonamides is 1. The van der Waals surface area contributed by atoms with Crippen molar-refractivity contribution in [1.29, 1.82) is 0 Å². The van der Waals surface area contributed by atoms with Crippen molar-refractivity contribution in [1.82, 2.24) is 9.62 Å². The lowest BCUT2D eigenvalue weighted by Crippen LogP contribution is -2.50. The van der Waals surface area contributed by atoms with Crippen LogP contribution in [0.5, 0.6) is 0 Å². The monoisotopic (exact) mass is 601 g/mol. The number of nitro groups is 1. The third-order valence-corrected chi connectivity index (χ3v) is 8.76. The van der Waals surface area contributed by atoms with Crippen LogP contribution in [0.15, 0.2) is 47.4 Å². The van der Waals surface area contributed by atoms with Crippen molar-refractivity contribution in [3.05, 3.63) is 58.1 Å². The van der Waals surface area contributed by atoms with Crippen LogP contribution in [0, 0.1) is 16.0 Å². The molecule has 1 saturated heterocycles. The zero-order chi connectivity index (χ0) is 30.5. The van der Waals surface area contributed by atoms with Crippen LogP contribution in [0.25, 0.3) is 0 Å². The minimum absolute atomic E-state index is 0.120. The van der Waals surface area contributed by atoms with Gasteiger partial charge in [0.05, 0.1) is 9.82 Å². The van der Waals surface area contributed by atoms with Gasteiger partial charge < -0.3 is 19.9 Å². The van der Waals surface area contributed by atoms with E-state index in [1.807, 2.05) is 25.5 Å². The van der Waals surface area contributed by atoms with Gasteiger partial charge in [-0.05, 0) is 75.9 Å². The molecule has 0 aromatic heterocycles. The molecule has 0 atom stereocenters. The Morgan fingerprint density at radius 1 is 1.00 bits per heavy atom. The van der Waals surface area contributed by atoms with Crippen molar-refractivity contribution in [3.63, 3.8) is 0 Å². The van der Waals surface area contributed by atoms with Gasteiger partial charge in [0.15, 0.2) is 0 Å². The molecular formula is C29H39N5O7S. The first-order chi connectivity index (χ1) is 19.8. The molecule has 42 heavy (non-hydrogen) atoms. The summed E-state index contributed by atoms with van der Waals surface area (Å²) in [5.41, 5.74) is 0.262. The van der Waals surface area contributed by atoms with E-state index in [-0.39, 0.29) is 27.9 Å². The van der Waals surface area contributed by atoms with Crippen LogP contribution in [0.3, 0.4) is 0 Å². The molecule has 2 amide bonds. The second kappa shape index (κ2) is 13.0. The van der Waals surface area contributed by atoms with E-state index in [1.54, 1.807) is 17.0 Å². The summed E-state index contributed by atoms with van der Waals surface area (Å²) in [6.45, 7) is 8.15. The number of amides is 2. The average molecular weight is 602 g/mol. The summed E-state index contributed by atoms with van der Waals surface area (Å²) in [5.74, 6) is -0.423. The third kappa shape index (κ3) is 8.11. The van der Waals surface area contributed by atoms with Crippen molar-refractivity contribution in [2.45, 2.75) is 63.4 Å². The van der Waals surface area contributed by atoms with Crippen LogP contribution < -0.4 is 14.9 Å². The van der Waals surface area contributed by atoms with Gasteiger partial charge >= 0.3 is 6.09 Å². The molecule has 0 unspecified atom stereocenters. The number of hydrogen-bond donors (Lipinski definition) is 2. The van der Waals surface area contributed by atoms with E-state index in [1.165, 1.54) is 30.7 Å². The molecule has 12 nitrogen and oxygen atoms in total. The molecule has 2 fully saturated rings. The first-order valence-electron chi connectivity index (χ1n) is 14.2. The minimum Gasteiger partial charge on any atom is -0.444 e. The molecule has 2 aliphatic rings. The fourth-order valence-electron chi connectivity index (χ4n) is 5.16. The lowest BCUT2D eigenvalue weighted by atomic mass is 9.89. The highest BCUT2D eigenvalue weighted by Gasteiger charge is 2.27. The smallest absolute Gasteiger partial charge is 0.410 e. The number of piperazine rings is 1. The number of hydrogen-bond acceptors (Lipinski definition) is 9. The van der Waals surface area contributed by atoms with Gasteiger partial charge in [-0.25, -0.2) is 17.9 Å². The van der Waals surface area contributed by atoms with E-state index in [9.17, 15) is 28.1 Å². The Kier molecular flexibility index (Phi) is 9.60. The van der Waals surface area contributed by atoms with Gasteiger partial charge in [0.1, 0.15) is 11.3 Å². The van der Waals surface area contributed by atoms with Gasteiger partial charge in [-0.1, -0.05) is 19.3 Å². The SMILES string of the molecule is CC(C)(C)OC(=O)N1CCN(c2ccc(C(=O)NS(=O)(=O)c3ccc(NCC4CCCCC4)c([N+](=O)[O-])c3)cc2)CC1. The number of carbonyl (C=O) groups is 2. The van der Waals surface area contributed by atoms with Crippen LogP contribution in [-0.4, -0.2) is 68.6 Å². The Morgan fingerprint density at radius 2 is 1.64 bits per heavy atom. The first kappa shape index (κ1) is 31.1. The standard InChI is InChI=1S/C29H39N5O7S/c1-29(2,3)41-28(36)33-17-15-32(16-18-33)23-11-9-22(10-12-23)27(35)31-42(39,40)24-13-14-25(26(19-24)34(37)38)30-20-21-7-5-4-6-8-21/h9-14,19,21,30H,4-8,15-18,20H2,1-3H3,(H,31,35). The summed E-state index contributed by atoms with van der Waals surface area (Å²) >= 11 is 0. The van der Waals surface area contributed by atoms with E-state index in [4.69, 9.17) is 4.74 Å². The van der Waals surface area contributed by atoms with Crippen molar-refractivity contribution < 1.29 is 27.7 Å². The lowest BCUT2D eigenvalue weighted by molar-refractivity contribution is -0.384. The number of carbonyl (C=O) groups excluding carboxylic acids is 2. The van der Waals surface area contributed by atoms with E-state index in [0.717, 1.165) is 37.4 Å². The average Bonchev–Trinajstić information content (AvgIpc) is 2.95. The minimum atomic E-state index is -4.37. The molecule has 2 aromatic carbocycles. The molecule has 13 heteroatoms. The van der Waals surface area contributed by atoms with E-state index in [0.29, 0.717) is 38.6 Å². The number of nitrogens with zero attached hydrogens (tertiary/aromatic N) is 3. The van der Waals surface area contributed by atoms with Crippen molar-refractivity contribution in [2.75, 3.05) is 42.9 Å². The molecule has 1 heterocycles. The van der Waals surface area contributed by atoms with Crippen molar-refractivity contribution in [3.8, 4) is 0 Å². The highest BCUT2D eigenvalue weighted by molar-refractivity contribution is 7.90. The summed E-state index contributed by atoms with van der Waals surface area (Å²) in [6, 6.07) is 10.1. The predicted octanol–water partition coefficient (Wildman–Crippen LogP) is 4.76. The molecule has 1 aliphatic carbocycles.